The number of aliphatic hydroxyl groups is 2. The van der Waals surface area contributed by atoms with Crippen LogP contribution in [0, 0.1) is 0 Å². The van der Waals surface area contributed by atoms with Crippen LogP contribution in [-0.4, -0.2) is 53.6 Å². The van der Waals surface area contributed by atoms with Gasteiger partial charge in [-0.05, 0) is 0 Å². The number of carboxylic acid groups (broad SMARTS) is 2. The molecular weight excluding hydrogens is 223 g/mol. The van der Waals surface area contributed by atoms with E-state index in [4.69, 9.17) is 30.2 Å². The molecule has 2 atom stereocenters. The maximum atomic E-state index is 10.5. The van der Waals surface area contributed by atoms with Gasteiger partial charge in [-0.15, -0.1) is 0 Å². The minimum Gasteiger partial charge on any atom is -0.479 e. The zero-order valence-electron chi connectivity index (χ0n) is 6.43. The number of hydrogen-bond acceptors (Lipinski definition) is 5. The molecule has 0 saturated carbocycles. The van der Waals surface area contributed by atoms with E-state index in [0.29, 0.717) is 0 Å². The fourth-order valence-corrected chi connectivity index (χ4v) is 1.25. The number of carbonyl (C=O) groups is 2. The van der Waals surface area contributed by atoms with Crippen molar-refractivity contribution in [1.82, 2.24) is 0 Å². The van der Waals surface area contributed by atoms with Crippen molar-refractivity contribution in [3.8, 4) is 0 Å². The van der Waals surface area contributed by atoms with Crippen molar-refractivity contribution >= 4 is 19.5 Å². The first-order valence-corrected chi connectivity index (χ1v) is 4.58. The highest BCUT2D eigenvalue weighted by Gasteiger charge is 2.61. The van der Waals surface area contributed by atoms with Crippen LogP contribution in [0.5, 0.6) is 0 Å². The molecule has 0 amide bonds. The molecule has 0 spiro atoms. The molecule has 0 aromatic heterocycles. The molecule has 82 valence electrons. The summed E-state index contributed by atoms with van der Waals surface area (Å²) in [6.07, 6.45) is -3.12. The van der Waals surface area contributed by atoms with E-state index in [-0.39, 0.29) is 0 Å². The molecule has 14 heavy (non-hydrogen) atoms. The molecule has 0 rings (SSSR count). The van der Waals surface area contributed by atoms with Gasteiger partial charge in [0, 0.05) is 0 Å². The molecule has 0 radical (unpaired) electrons. The third kappa shape index (κ3) is 1.91. The molecule has 0 aliphatic carbocycles. The lowest BCUT2D eigenvalue weighted by Gasteiger charge is -2.26. The maximum absolute atomic E-state index is 10.5. The van der Waals surface area contributed by atoms with Gasteiger partial charge in [-0.25, -0.2) is 9.59 Å². The van der Waals surface area contributed by atoms with Crippen molar-refractivity contribution in [2.75, 3.05) is 0 Å². The Morgan fingerprint density at radius 3 is 1.64 bits per heavy atom. The van der Waals surface area contributed by atoms with Crippen molar-refractivity contribution in [2.45, 2.75) is 11.4 Å². The fourth-order valence-electron chi connectivity index (χ4n) is 0.573. The van der Waals surface area contributed by atoms with Crippen LogP contribution in [0.1, 0.15) is 0 Å². The van der Waals surface area contributed by atoms with Crippen LogP contribution >= 0.6 is 7.60 Å². The van der Waals surface area contributed by atoms with Gasteiger partial charge >= 0.3 is 19.5 Å². The van der Waals surface area contributed by atoms with E-state index in [1.807, 2.05) is 0 Å². The molecule has 0 aliphatic heterocycles. The highest BCUT2D eigenvalue weighted by molar-refractivity contribution is 7.54. The summed E-state index contributed by atoms with van der Waals surface area (Å²) in [5.41, 5.74) is 0. The van der Waals surface area contributed by atoms with Crippen molar-refractivity contribution < 1.29 is 44.4 Å². The zero-order valence-corrected chi connectivity index (χ0v) is 7.33. The molecule has 6 N–H and O–H groups in total. The third-order valence-corrected chi connectivity index (χ3v) is 2.70. The molecule has 9 nitrogen and oxygen atoms in total. The third-order valence-electron chi connectivity index (χ3n) is 1.37. The van der Waals surface area contributed by atoms with E-state index in [0.717, 1.165) is 0 Å². The summed E-state index contributed by atoms with van der Waals surface area (Å²) in [5, 5.41) is 29.8. The number of rotatable bonds is 4. The first-order chi connectivity index (χ1) is 6.05. The predicted octanol–water partition coefficient (Wildman–Crippen LogP) is -2.62. The molecule has 0 bridgehead atoms. The van der Waals surface area contributed by atoms with Crippen LogP contribution in [0.2, 0.25) is 0 Å². The van der Waals surface area contributed by atoms with Gasteiger partial charge in [0.25, 0.3) is 5.34 Å². The minimum absolute atomic E-state index is 2.27. The Morgan fingerprint density at radius 2 is 1.57 bits per heavy atom. The standard InChI is InChI=1S/C4H7O9P/c5-1(2(6)7)4(10,3(8)9)14(11,12)13/h1,5,10H,(H,6,7)(H,8,9)(H2,11,12,13). The summed E-state index contributed by atoms with van der Waals surface area (Å²) in [5.74, 6) is -4.79. The Morgan fingerprint density at radius 1 is 1.21 bits per heavy atom. The second-order valence-corrected chi connectivity index (χ2v) is 4.09. The average Bonchev–Trinajstić information content (AvgIpc) is 1.98. The highest BCUT2D eigenvalue weighted by atomic mass is 31.2. The molecule has 0 aliphatic rings. The van der Waals surface area contributed by atoms with Crippen LogP contribution < -0.4 is 0 Å². The van der Waals surface area contributed by atoms with E-state index >= 15 is 0 Å². The summed E-state index contributed by atoms with van der Waals surface area (Å²) in [4.78, 5) is 37.1. The lowest BCUT2D eigenvalue weighted by Crippen LogP contribution is -2.52. The Balaban J connectivity index is 5.45. The predicted molar refractivity (Wildman–Crippen MR) is 38.3 cm³/mol. The number of aliphatic carboxylic acids is 2. The summed E-state index contributed by atoms with van der Waals surface area (Å²) in [7, 11) is -5.73. The monoisotopic (exact) mass is 230 g/mol. The molecule has 0 heterocycles. The molecule has 0 aromatic carbocycles. The highest BCUT2D eigenvalue weighted by Crippen LogP contribution is 2.50. The first-order valence-electron chi connectivity index (χ1n) is 2.97. The van der Waals surface area contributed by atoms with Gasteiger partial charge in [-0.1, -0.05) is 0 Å². The lowest BCUT2D eigenvalue weighted by atomic mass is 10.2. The number of aliphatic hydroxyl groups excluding tert-OH is 1. The quantitative estimate of drug-likeness (QED) is 0.282. The van der Waals surface area contributed by atoms with Gasteiger partial charge in [0.2, 0.25) is 6.10 Å². The van der Waals surface area contributed by atoms with E-state index in [2.05, 4.69) is 0 Å². The van der Waals surface area contributed by atoms with E-state index in [1.54, 1.807) is 0 Å². The molecule has 0 saturated heterocycles. The molecule has 0 fully saturated rings. The van der Waals surface area contributed by atoms with Crippen molar-refractivity contribution in [2.24, 2.45) is 0 Å². The van der Waals surface area contributed by atoms with Crippen LogP contribution in [0.15, 0.2) is 0 Å². The average molecular weight is 230 g/mol. The van der Waals surface area contributed by atoms with Gasteiger partial charge in [0.05, 0.1) is 0 Å². The smallest absolute Gasteiger partial charge is 0.371 e. The second-order valence-electron chi connectivity index (χ2n) is 2.32. The Hall–Kier alpha value is -0.990. The van der Waals surface area contributed by atoms with E-state index in [9.17, 15) is 14.2 Å². The van der Waals surface area contributed by atoms with E-state index in [1.165, 1.54) is 0 Å². The van der Waals surface area contributed by atoms with Crippen LogP contribution in [0.3, 0.4) is 0 Å². The molecular formula is C4H7O9P. The lowest BCUT2D eigenvalue weighted by molar-refractivity contribution is -0.173. The van der Waals surface area contributed by atoms with Gasteiger partial charge in [0.15, 0.2) is 0 Å². The normalized spacial score (nSPS) is 18.3. The van der Waals surface area contributed by atoms with Crippen molar-refractivity contribution in [3.05, 3.63) is 0 Å². The van der Waals surface area contributed by atoms with Gasteiger partial charge in [-0.2, -0.15) is 0 Å². The SMILES string of the molecule is O=C(O)C(O)C(O)(C(=O)O)P(=O)(O)O. The number of hydrogen-bond donors (Lipinski definition) is 6. The summed E-state index contributed by atoms with van der Waals surface area (Å²) in [6.45, 7) is 0. The molecule has 2 unspecified atom stereocenters. The summed E-state index contributed by atoms with van der Waals surface area (Å²) < 4.78 is 10.5. The Bertz CT molecular complexity index is 304. The number of carboxylic acids is 2. The van der Waals surface area contributed by atoms with Crippen molar-refractivity contribution in [3.63, 3.8) is 0 Å². The second kappa shape index (κ2) is 3.64. The van der Waals surface area contributed by atoms with Crippen LogP contribution in [0.25, 0.3) is 0 Å². The van der Waals surface area contributed by atoms with Crippen LogP contribution in [0.4, 0.5) is 0 Å². The maximum Gasteiger partial charge on any atom is 0.371 e. The van der Waals surface area contributed by atoms with E-state index < -0.39 is 31.0 Å². The largest absolute Gasteiger partial charge is 0.479 e. The molecule has 0 aromatic rings. The van der Waals surface area contributed by atoms with Crippen LogP contribution in [-0.2, 0) is 14.2 Å². The van der Waals surface area contributed by atoms with Gasteiger partial charge in [0.1, 0.15) is 0 Å². The van der Waals surface area contributed by atoms with Gasteiger partial charge < -0.3 is 30.2 Å². The minimum atomic E-state index is -5.73. The van der Waals surface area contributed by atoms with Crippen molar-refractivity contribution in [1.29, 1.82) is 0 Å². The summed E-state index contributed by atoms with van der Waals surface area (Å²) in [6, 6.07) is 0. The van der Waals surface area contributed by atoms with Gasteiger partial charge in [-0.3, -0.25) is 4.57 Å². The topological polar surface area (TPSA) is 173 Å². The summed E-state index contributed by atoms with van der Waals surface area (Å²) >= 11 is 0. The Labute approximate surface area is 76.4 Å². The molecule has 10 heteroatoms. The first kappa shape index (κ1) is 13.0. The Kier molecular flexibility index (Phi) is 3.38. The zero-order chi connectivity index (χ0) is 11.7. The fraction of sp³-hybridized carbons (Fsp3) is 0.500.